The van der Waals surface area contributed by atoms with Gasteiger partial charge in [0.1, 0.15) is 5.82 Å². The van der Waals surface area contributed by atoms with Gasteiger partial charge in [0.25, 0.3) is 0 Å². The first-order valence-corrected chi connectivity index (χ1v) is 8.42. The summed E-state index contributed by atoms with van der Waals surface area (Å²) in [5.41, 5.74) is 1.04. The van der Waals surface area contributed by atoms with Crippen molar-refractivity contribution >= 4 is 29.1 Å². The maximum absolute atomic E-state index is 12.3. The average molecular weight is 352 g/mol. The standard InChI is InChI=1S/C19H20N4O3/c1-14(24)15-5-7-16(8-6-15)21-18(25)19(26)23-12-10-22(11-13-23)17-4-2-3-9-20-17/h2-9H,10-13H2,1H3,(H,21,25). The fraction of sp³-hybridized carbons (Fsp3) is 0.263. The van der Waals surface area contributed by atoms with Gasteiger partial charge in [0.05, 0.1) is 0 Å². The highest BCUT2D eigenvalue weighted by atomic mass is 16.2. The van der Waals surface area contributed by atoms with E-state index in [-0.39, 0.29) is 5.78 Å². The van der Waals surface area contributed by atoms with Crippen LogP contribution in [0.4, 0.5) is 11.5 Å². The lowest BCUT2D eigenvalue weighted by atomic mass is 10.1. The maximum Gasteiger partial charge on any atom is 0.313 e. The van der Waals surface area contributed by atoms with E-state index in [0.29, 0.717) is 37.4 Å². The van der Waals surface area contributed by atoms with Crippen molar-refractivity contribution in [3.63, 3.8) is 0 Å². The molecule has 1 N–H and O–H groups in total. The van der Waals surface area contributed by atoms with Gasteiger partial charge in [-0.2, -0.15) is 0 Å². The number of piperazine rings is 1. The topological polar surface area (TPSA) is 82.6 Å². The number of carbonyl (C=O) groups is 3. The number of rotatable bonds is 3. The molecular weight excluding hydrogens is 332 g/mol. The van der Waals surface area contributed by atoms with Crippen molar-refractivity contribution in [2.24, 2.45) is 0 Å². The molecule has 0 unspecified atom stereocenters. The predicted octanol–water partition coefficient (Wildman–Crippen LogP) is 1.57. The van der Waals surface area contributed by atoms with Gasteiger partial charge in [0.2, 0.25) is 0 Å². The van der Waals surface area contributed by atoms with E-state index in [1.165, 1.54) is 6.92 Å². The quantitative estimate of drug-likeness (QED) is 0.670. The highest BCUT2D eigenvalue weighted by molar-refractivity contribution is 6.39. The van der Waals surface area contributed by atoms with E-state index in [0.717, 1.165) is 5.82 Å². The van der Waals surface area contributed by atoms with E-state index in [9.17, 15) is 14.4 Å². The summed E-state index contributed by atoms with van der Waals surface area (Å²) in [7, 11) is 0. The molecule has 1 fully saturated rings. The molecule has 7 nitrogen and oxygen atoms in total. The number of ketones is 1. The first-order valence-electron chi connectivity index (χ1n) is 8.42. The number of pyridine rings is 1. The molecule has 0 saturated carbocycles. The minimum absolute atomic E-state index is 0.0512. The lowest BCUT2D eigenvalue weighted by Crippen LogP contribution is -2.51. The fourth-order valence-electron chi connectivity index (χ4n) is 2.80. The van der Waals surface area contributed by atoms with Crippen LogP contribution in [0, 0.1) is 0 Å². The normalized spacial score (nSPS) is 14.0. The zero-order chi connectivity index (χ0) is 18.5. The number of nitrogens with one attached hydrogen (secondary N) is 1. The van der Waals surface area contributed by atoms with Crippen molar-refractivity contribution in [1.29, 1.82) is 0 Å². The summed E-state index contributed by atoms with van der Waals surface area (Å²) < 4.78 is 0. The fourth-order valence-corrected chi connectivity index (χ4v) is 2.80. The first kappa shape index (κ1) is 17.6. The summed E-state index contributed by atoms with van der Waals surface area (Å²) in [4.78, 5) is 43.7. The lowest BCUT2D eigenvalue weighted by Gasteiger charge is -2.34. The van der Waals surface area contributed by atoms with Crippen LogP contribution in [0.25, 0.3) is 0 Å². The van der Waals surface area contributed by atoms with E-state index in [1.54, 1.807) is 35.4 Å². The average Bonchev–Trinajstić information content (AvgIpc) is 2.68. The highest BCUT2D eigenvalue weighted by Crippen LogP contribution is 2.14. The number of hydrogen-bond acceptors (Lipinski definition) is 5. The molecule has 2 amide bonds. The maximum atomic E-state index is 12.3. The van der Waals surface area contributed by atoms with Crippen LogP contribution < -0.4 is 10.2 Å². The first-order chi connectivity index (χ1) is 12.5. The van der Waals surface area contributed by atoms with Crippen LogP contribution in [-0.4, -0.2) is 53.7 Å². The van der Waals surface area contributed by atoms with Crippen LogP contribution >= 0.6 is 0 Å². The number of aromatic nitrogens is 1. The molecule has 2 heterocycles. The van der Waals surface area contributed by atoms with Gasteiger partial charge in [-0.05, 0) is 43.3 Å². The molecule has 0 radical (unpaired) electrons. The minimum atomic E-state index is -0.674. The third kappa shape index (κ3) is 4.05. The second-order valence-electron chi connectivity index (χ2n) is 6.05. The minimum Gasteiger partial charge on any atom is -0.353 e. The largest absolute Gasteiger partial charge is 0.353 e. The molecule has 1 aromatic heterocycles. The molecule has 3 rings (SSSR count). The van der Waals surface area contributed by atoms with Crippen molar-refractivity contribution in [3.8, 4) is 0 Å². The van der Waals surface area contributed by atoms with Crippen molar-refractivity contribution in [2.45, 2.75) is 6.92 Å². The van der Waals surface area contributed by atoms with Crippen molar-refractivity contribution in [3.05, 3.63) is 54.2 Å². The van der Waals surface area contributed by atoms with Crippen LogP contribution in [0.15, 0.2) is 48.7 Å². The Hall–Kier alpha value is -3.22. The number of hydrogen-bond donors (Lipinski definition) is 1. The van der Waals surface area contributed by atoms with Crippen LogP contribution in [0.3, 0.4) is 0 Å². The Kier molecular flexibility index (Phi) is 5.26. The smallest absolute Gasteiger partial charge is 0.313 e. The van der Waals surface area contributed by atoms with Gasteiger partial charge in [-0.25, -0.2) is 4.98 Å². The Balaban J connectivity index is 1.54. The summed E-state index contributed by atoms with van der Waals surface area (Å²) in [6, 6.07) is 12.2. The van der Waals surface area contributed by atoms with Crippen molar-refractivity contribution in [1.82, 2.24) is 9.88 Å². The van der Waals surface area contributed by atoms with Gasteiger partial charge in [0.15, 0.2) is 5.78 Å². The van der Waals surface area contributed by atoms with Crippen LogP contribution in [0.5, 0.6) is 0 Å². The zero-order valence-electron chi connectivity index (χ0n) is 14.5. The Bertz CT molecular complexity index is 797. The van der Waals surface area contributed by atoms with E-state index in [1.807, 2.05) is 18.2 Å². The number of nitrogens with zero attached hydrogens (tertiary/aromatic N) is 3. The molecule has 7 heteroatoms. The Morgan fingerprint density at radius 3 is 2.23 bits per heavy atom. The highest BCUT2D eigenvalue weighted by Gasteiger charge is 2.26. The Morgan fingerprint density at radius 2 is 1.65 bits per heavy atom. The third-order valence-electron chi connectivity index (χ3n) is 4.28. The lowest BCUT2D eigenvalue weighted by molar-refractivity contribution is -0.143. The summed E-state index contributed by atoms with van der Waals surface area (Å²) in [6.07, 6.45) is 1.73. The summed E-state index contributed by atoms with van der Waals surface area (Å²) in [5, 5.41) is 2.58. The van der Waals surface area contributed by atoms with Gasteiger partial charge < -0.3 is 15.1 Å². The summed E-state index contributed by atoms with van der Waals surface area (Å²) in [5.74, 6) is -0.410. The summed E-state index contributed by atoms with van der Waals surface area (Å²) in [6.45, 7) is 3.66. The van der Waals surface area contributed by atoms with E-state index >= 15 is 0 Å². The molecule has 2 aromatic rings. The molecule has 1 aliphatic heterocycles. The van der Waals surface area contributed by atoms with E-state index < -0.39 is 11.8 Å². The number of Topliss-reactive ketones (excluding diaryl/α,β-unsaturated/α-hetero) is 1. The second-order valence-corrected chi connectivity index (χ2v) is 6.05. The van der Waals surface area contributed by atoms with Gasteiger partial charge in [-0.1, -0.05) is 6.07 Å². The molecule has 0 bridgehead atoms. The molecule has 1 saturated heterocycles. The van der Waals surface area contributed by atoms with Crippen LogP contribution in [0.1, 0.15) is 17.3 Å². The monoisotopic (exact) mass is 352 g/mol. The molecular formula is C19H20N4O3. The van der Waals surface area contributed by atoms with Crippen LogP contribution in [-0.2, 0) is 9.59 Å². The molecule has 134 valence electrons. The van der Waals surface area contributed by atoms with Gasteiger partial charge in [-0.15, -0.1) is 0 Å². The number of benzene rings is 1. The summed E-state index contributed by atoms with van der Waals surface area (Å²) >= 11 is 0. The van der Waals surface area contributed by atoms with Crippen molar-refractivity contribution in [2.75, 3.05) is 36.4 Å². The second kappa shape index (κ2) is 7.77. The van der Waals surface area contributed by atoms with Gasteiger partial charge in [-0.3, -0.25) is 14.4 Å². The zero-order valence-corrected chi connectivity index (χ0v) is 14.5. The van der Waals surface area contributed by atoms with Crippen molar-refractivity contribution < 1.29 is 14.4 Å². The van der Waals surface area contributed by atoms with Gasteiger partial charge in [0, 0.05) is 43.6 Å². The predicted molar refractivity (Wildman–Crippen MR) is 98.1 cm³/mol. The molecule has 1 aliphatic rings. The molecule has 0 atom stereocenters. The number of anilines is 2. The Labute approximate surface area is 151 Å². The molecule has 26 heavy (non-hydrogen) atoms. The SMILES string of the molecule is CC(=O)c1ccc(NC(=O)C(=O)N2CCN(c3ccccn3)CC2)cc1. The molecule has 0 aliphatic carbocycles. The molecule has 0 spiro atoms. The number of amides is 2. The molecule has 1 aromatic carbocycles. The van der Waals surface area contributed by atoms with E-state index in [2.05, 4.69) is 15.2 Å². The Morgan fingerprint density at radius 1 is 0.962 bits per heavy atom. The van der Waals surface area contributed by atoms with E-state index in [4.69, 9.17) is 0 Å². The third-order valence-corrected chi connectivity index (χ3v) is 4.28. The van der Waals surface area contributed by atoms with Crippen LogP contribution in [0.2, 0.25) is 0 Å². The van der Waals surface area contributed by atoms with Gasteiger partial charge >= 0.3 is 11.8 Å². The number of carbonyl (C=O) groups excluding carboxylic acids is 3.